The lowest BCUT2D eigenvalue weighted by atomic mass is 10.0. The zero-order valence-corrected chi connectivity index (χ0v) is 16.5. The predicted octanol–water partition coefficient (Wildman–Crippen LogP) is 0.648. The van der Waals surface area contributed by atoms with Crippen molar-refractivity contribution in [1.29, 1.82) is 0 Å². The third-order valence-electron chi connectivity index (χ3n) is 6.16. The molecule has 1 amide bonds. The number of hydrogen-bond acceptors (Lipinski definition) is 7. The van der Waals surface area contributed by atoms with E-state index in [0.717, 1.165) is 13.0 Å². The minimum atomic E-state index is -0.624. The highest BCUT2D eigenvalue weighted by molar-refractivity contribution is 5.83. The normalized spacial score (nSPS) is 29.4. The summed E-state index contributed by atoms with van der Waals surface area (Å²) in [5, 5.41) is 10.7. The molecular formula is C20H31N5O3. The van der Waals surface area contributed by atoms with Gasteiger partial charge in [0.2, 0.25) is 5.95 Å². The van der Waals surface area contributed by atoms with Gasteiger partial charge in [0.1, 0.15) is 6.10 Å². The Morgan fingerprint density at radius 1 is 1.25 bits per heavy atom. The number of aliphatic hydroxyl groups is 1. The summed E-state index contributed by atoms with van der Waals surface area (Å²) in [6, 6.07) is -0.218. The summed E-state index contributed by atoms with van der Waals surface area (Å²) in [5.41, 5.74) is 7.09. The van der Waals surface area contributed by atoms with Crippen LogP contribution in [0.1, 0.15) is 50.5 Å². The van der Waals surface area contributed by atoms with Gasteiger partial charge in [0.15, 0.2) is 0 Å². The van der Waals surface area contributed by atoms with E-state index in [4.69, 9.17) is 10.5 Å². The van der Waals surface area contributed by atoms with E-state index in [1.54, 1.807) is 4.90 Å². The lowest BCUT2D eigenvalue weighted by Crippen LogP contribution is -2.55. The summed E-state index contributed by atoms with van der Waals surface area (Å²) in [6.45, 7) is 4.18. The van der Waals surface area contributed by atoms with Crippen molar-refractivity contribution in [3.63, 3.8) is 0 Å². The Kier molecular flexibility index (Phi) is 5.80. The van der Waals surface area contributed by atoms with E-state index in [0.29, 0.717) is 44.4 Å². The Labute approximate surface area is 166 Å². The first-order valence-electron chi connectivity index (χ1n) is 10.5. The van der Waals surface area contributed by atoms with Crippen LogP contribution in [0.5, 0.6) is 0 Å². The van der Waals surface area contributed by atoms with Gasteiger partial charge in [-0.15, -0.1) is 0 Å². The number of nitrogens with two attached hydrogens (primary N) is 1. The van der Waals surface area contributed by atoms with Gasteiger partial charge in [-0.1, -0.05) is 6.92 Å². The second kappa shape index (κ2) is 8.31. The lowest BCUT2D eigenvalue weighted by molar-refractivity contribution is -0.141. The molecule has 154 valence electrons. The number of carbonyl (C=O) groups excluding carboxylic acids is 1. The second-order valence-corrected chi connectivity index (χ2v) is 8.27. The van der Waals surface area contributed by atoms with Gasteiger partial charge >= 0.3 is 0 Å². The molecule has 2 aliphatic heterocycles. The predicted molar refractivity (Wildman–Crippen MR) is 105 cm³/mol. The number of anilines is 1. The molecule has 4 atom stereocenters. The van der Waals surface area contributed by atoms with Crippen LogP contribution in [0.25, 0.3) is 0 Å². The molecule has 3 heterocycles. The van der Waals surface area contributed by atoms with Gasteiger partial charge in [-0.05, 0) is 37.2 Å². The number of piperidine rings is 1. The van der Waals surface area contributed by atoms with E-state index in [1.807, 2.05) is 24.2 Å². The number of likely N-dealkylation sites (tertiary alicyclic amines) is 1. The zero-order valence-electron chi connectivity index (χ0n) is 16.5. The van der Waals surface area contributed by atoms with E-state index in [1.165, 1.54) is 18.4 Å². The number of amides is 1. The van der Waals surface area contributed by atoms with Crippen molar-refractivity contribution in [2.24, 2.45) is 5.73 Å². The highest BCUT2D eigenvalue weighted by Gasteiger charge is 2.41. The minimum absolute atomic E-state index is 0.0224. The van der Waals surface area contributed by atoms with Crippen molar-refractivity contribution in [3.8, 4) is 0 Å². The van der Waals surface area contributed by atoms with Gasteiger partial charge in [0.05, 0.1) is 18.8 Å². The van der Waals surface area contributed by atoms with Crippen molar-refractivity contribution in [2.45, 2.75) is 69.2 Å². The third kappa shape index (κ3) is 4.14. The van der Waals surface area contributed by atoms with Gasteiger partial charge in [-0.2, -0.15) is 0 Å². The van der Waals surface area contributed by atoms with Crippen LogP contribution >= 0.6 is 0 Å². The first-order valence-corrected chi connectivity index (χ1v) is 10.5. The Balaban J connectivity index is 1.32. The number of aromatic nitrogens is 2. The maximum Gasteiger partial charge on any atom is 0.252 e. The highest BCUT2D eigenvalue weighted by atomic mass is 16.5. The maximum atomic E-state index is 12.7. The molecule has 1 saturated carbocycles. The first kappa shape index (κ1) is 19.5. The minimum Gasteiger partial charge on any atom is -0.389 e. The molecule has 1 aliphatic carbocycles. The standard InChI is InChI=1S/C20H31N5O3/c1-2-15(21)12-28-18-6-8-25(19(18)27)16-5-7-24(11-17(16)26)20-22-9-14(10-23-20)13-3-4-13/h9-10,13,15-18,26H,2-8,11-12,21H2,1H3. The van der Waals surface area contributed by atoms with Gasteiger partial charge < -0.3 is 25.4 Å². The highest BCUT2D eigenvalue weighted by Crippen LogP contribution is 2.39. The van der Waals surface area contributed by atoms with Crippen molar-refractivity contribution in [3.05, 3.63) is 18.0 Å². The van der Waals surface area contributed by atoms with Crippen LogP contribution in [-0.4, -0.2) is 76.4 Å². The molecule has 2 saturated heterocycles. The Morgan fingerprint density at radius 3 is 2.64 bits per heavy atom. The number of aliphatic hydroxyl groups excluding tert-OH is 1. The van der Waals surface area contributed by atoms with Crippen molar-refractivity contribution < 1.29 is 14.6 Å². The quantitative estimate of drug-likeness (QED) is 0.705. The summed E-state index contributed by atoms with van der Waals surface area (Å²) in [7, 11) is 0. The smallest absolute Gasteiger partial charge is 0.252 e. The Bertz CT molecular complexity index is 681. The van der Waals surface area contributed by atoms with E-state index < -0.39 is 12.2 Å². The van der Waals surface area contributed by atoms with Crippen LogP contribution in [0.15, 0.2) is 12.4 Å². The van der Waals surface area contributed by atoms with Crippen LogP contribution in [-0.2, 0) is 9.53 Å². The van der Waals surface area contributed by atoms with Crippen LogP contribution in [0, 0.1) is 0 Å². The molecule has 28 heavy (non-hydrogen) atoms. The number of ether oxygens (including phenoxy) is 1. The fourth-order valence-corrected chi connectivity index (χ4v) is 4.10. The molecule has 8 heteroatoms. The molecule has 1 aromatic rings. The number of β-amino-alcohol motifs (C(OH)–C–C–N with tert-alkyl or cyclic N) is 1. The molecule has 3 aliphatic rings. The molecule has 4 unspecified atom stereocenters. The summed E-state index contributed by atoms with van der Waals surface area (Å²) >= 11 is 0. The van der Waals surface area contributed by atoms with Crippen LogP contribution in [0.4, 0.5) is 5.95 Å². The molecule has 8 nitrogen and oxygen atoms in total. The van der Waals surface area contributed by atoms with Crippen molar-refractivity contribution >= 4 is 11.9 Å². The number of rotatable bonds is 7. The molecule has 3 fully saturated rings. The molecule has 0 bridgehead atoms. The summed E-state index contributed by atoms with van der Waals surface area (Å²) in [5.74, 6) is 1.27. The molecule has 0 spiro atoms. The van der Waals surface area contributed by atoms with Gasteiger partial charge in [-0.25, -0.2) is 9.97 Å². The number of hydrogen-bond donors (Lipinski definition) is 2. The fraction of sp³-hybridized carbons (Fsp3) is 0.750. The molecule has 3 N–H and O–H groups in total. The first-order chi connectivity index (χ1) is 13.6. The average molecular weight is 390 g/mol. The largest absolute Gasteiger partial charge is 0.389 e. The molecule has 1 aromatic heterocycles. The van der Waals surface area contributed by atoms with Crippen molar-refractivity contribution in [1.82, 2.24) is 14.9 Å². The zero-order chi connectivity index (χ0) is 19.7. The third-order valence-corrected chi connectivity index (χ3v) is 6.16. The van der Waals surface area contributed by atoms with Crippen LogP contribution in [0.3, 0.4) is 0 Å². The lowest BCUT2D eigenvalue weighted by Gasteiger charge is -2.40. The topological polar surface area (TPSA) is 105 Å². The summed E-state index contributed by atoms with van der Waals surface area (Å²) in [6.07, 6.45) is 7.40. The SMILES string of the molecule is CCC(N)COC1CCN(C2CCN(c3ncc(C4CC4)cn3)CC2O)C1=O. The Morgan fingerprint density at radius 2 is 2.00 bits per heavy atom. The Hall–Kier alpha value is -1.77. The van der Waals surface area contributed by atoms with E-state index in [2.05, 4.69) is 9.97 Å². The fourth-order valence-electron chi connectivity index (χ4n) is 4.10. The molecule has 0 aromatic carbocycles. The van der Waals surface area contributed by atoms with Gasteiger partial charge in [-0.3, -0.25) is 4.79 Å². The van der Waals surface area contributed by atoms with Gasteiger partial charge in [0.25, 0.3) is 5.91 Å². The van der Waals surface area contributed by atoms with Gasteiger partial charge in [0, 0.05) is 44.5 Å². The number of nitrogens with zero attached hydrogens (tertiary/aromatic N) is 4. The average Bonchev–Trinajstić information content (AvgIpc) is 3.50. The van der Waals surface area contributed by atoms with E-state index >= 15 is 0 Å². The van der Waals surface area contributed by atoms with Crippen LogP contribution < -0.4 is 10.6 Å². The monoisotopic (exact) mass is 389 g/mol. The summed E-state index contributed by atoms with van der Waals surface area (Å²) < 4.78 is 5.72. The summed E-state index contributed by atoms with van der Waals surface area (Å²) in [4.78, 5) is 25.5. The van der Waals surface area contributed by atoms with E-state index in [9.17, 15) is 9.90 Å². The molecule has 0 radical (unpaired) electrons. The number of carbonyl (C=O) groups is 1. The van der Waals surface area contributed by atoms with Crippen molar-refractivity contribution in [2.75, 3.05) is 31.1 Å². The molecule has 4 rings (SSSR count). The second-order valence-electron chi connectivity index (χ2n) is 8.27. The van der Waals surface area contributed by atoms with E-state index in [-0.39, 0.29) is 18.0 Å². The maximum absolute atomic E-state index is 12.7. The van der Waals surface area contributed by atoms with Crippen LogP contribution in [0.2, 0.25) is 0 Å². The molecular weight excluding hydrogens is 358 g/mol.